The third-order valence-electron chi connectivity index (χ3n) is 2.97. The number of ether oxygens (including phenoxy) is 1. The van der Waals surface area contributed by atoms with Gasteiger partial charge in [-0.3, -0.25) is 0 Å². The molecule has 3 nitrogen and oxygen atoms in total. The third-order valence-corrected chi connectivity index (χ3v) is 2.97. The van der Waals surface area contributed by atoms with E-state index in [0.717, 1.165) is 5.56 Å². The second-order valence-corrected chi connectivity index (χ2v) is 4.61. The normalized spacial score (nSPS) is 15.5. The molecule has 0 aromatic carbocycles. The van der Waals surface area contributed by atoms with Crippen molar-refractivity contribution in [2.45, 2.75) is 45.6 Å². The van der Waals surface area contributed by atoms with Crippen molar-refractivity contribution in [3.05, 3.63) is 23.5 Å². The minimum Gasteiger partial charge on any atom is -0.462 e. The zero-order valence-corrected chi connectivity index (χ0v) is 10.2. The summed E-state index contributed by atoms with van der Waals surface area (Å²) in [4.78, 5) is 11.8. The van der Waals surface area contributed by atoms with E-state index in [2.05, 4.69) is 18.4 Å². The van der Waals surface area contributed by atoms with Crippen LogP contribution in [0.1, 0.15) is 61.6 Å². The Morgan fingerprint density at radius 1 is 1.56 bits per heavy atom. The van der Waals surface area contributed by atoms with Crippen LogP contribution in [-0.4, -0.2) is 17.1 Å². The van der Waals surface area contributed by atoms with Gasteiger partial charge in [-0.1, -0.05) is 0 Å². The number of carbonyl (C=O) groups excluding carboxylic acids is 1. The van der Waals surface area contributed by atoms with Crippen molar-refractivity contribution in [1.29, 1.82) is 0 Å². The fourth-order valence-electron chi connectivity index (χ4n) is 2.08. The van der Waals surface area contributed by atoms with E-state index in [1.807, 2.05) is 19.2 Å². The summed E-state index contributed by atoms with van der Waals surface area (Å²) in [6.07, 6.45) is 4.40. The maximum absolute atomic E-state index is 11.8. The molecule has 0 spiro atoms. The standard InChI is InChI=1S/C13H19NO2/c1-4-16-13(15)11-7-8-14(9(2)3)12(11)10-5-6-10/h7-10H,4-6H2,1-3H3. The largest absolute Gasteiger partial charge is 0.462 e. The van der Waals surface area contributed by atoms with Gasteiger partial charge in [-0.2, -0.15) is 0 Å². The predicted octanol–water partition coefficient (Wildman–Crippen LogP) is 3.12. The molecule has 1 fully saturated rings. The number of esters is 1. The highest BCUT2D eigenvalue weighted by atomic mass is 16.5. The summed E-state index contributed by atoms with van der Waals surface area (Å²) >= 11 is 0. The smallest absolute Gasteiger partial charge is 0.339 e. The van der Waals surface area contributed by atoms with Gasteiger partial charge in [0, 0.05) is 23.9 Å². The highest BCUT2D eigenvalue weighted by Crippen LogP contribution is 2.43. The van der Waals surface area contributed by atoms with Gasteiger partial charge < -0.3 is 9.30 Å². The van der Waals surface area contributed by atoms with Gasteiger partial charge in [0.15, 0.2) is 0 Å². The zero-order chi connectivity index (χ0) is 11.7. The quantitative estimate of drug-likeness (QED) is 0.731. The van der Waals surface area contributed by atoms with Crippen LogP contribution in [0.3, 0.4) is 0 Å². The van der Waals surface area contributed by atoms with E-state index in [1.54, 1.807) is 0 Å². The van der Waals surface area contributed by atoms with Crippen molar-refractivity contribution in [3.8, 4) is 0 Å². The molecular formula is C13H19NO2. The van der Waals surface area contributed by atoms with Gasteiger partial charge in [-0.25, -0.2) is 4.79 Å². The van der Waals surface area contributed by atoms with Crippen molar-refractivity contribution < 1.29 is 9.53 Å². The number of hydrogen-bond acceptors (Lipinski definition) is 2. The lowest BCUT2D eigenvalue weighted by molar-refractivity contribution is 0.0525. The minimum atomic E-state index is -0.177. The maximum Gasteiger partial charge on any atom is 0.339 e. The number of rotatable bonds is 4. The monoisotopic (exact) mass is 221 g/mol. The van der Waals surface area contributed by atoms with Crippen molar-refractivity contribution in [3.63, 3.8) is 0 Å². The van der Waals surface area contributed by atoms with Crippen LogP contribution in [0.15, 0.2) is 12.3 Å². The van der Waals surface area contributed by atoms with Crippen LogP contribution in [0.4, 0.5) is 0 Å². The van der Waals surface area contributed by atoms with Gasteiger partial charge in [0.1, 0.15) is 0 Å². The fourth-order valence-corrected chi connectivity index (χ4v) is 2.08. The molecule has 0 saturated heterocycles. The van der Waals surface area contributed by atoms with E-state index >= 15 is 0 Å². The summed E-state index contributed by atoms with van der Waals surface area (Å²) in [7, 11) is 0. The molecule has 1 aromatic heterocycles. The Kier molecular flexibility index (Phi) is 3.03. The second-order valence-electron chi connectivity index (χ2n) is 4.61. The SMILES string of the molecule is CCOC(=O)c1ccn(C(C)C)c1C1CC1. The first-order valence-corrected chi connectivity index (χ1v) is 6.03. The molecule has 1 aromatic rings. The third kappa shape index (κ3) is 1.99. The Morgan fingerprint density at radius 2 is 2.25 bits per heavy atom. The highest BCUT2D eigenvalue weighted by molar-refractivity contribution is 5.91. The Hall–Kier alpha value is -1.25. The summed E-state index contributed by atoms with van der Waals surface area (Å²) in [5.74, 6) is 0.389. The van der Waals surface area contributed by atoms with Crippen LogP contribution in [0, 0.1) is 0 Å². The molecule has 16 heavy (non-hydrogen) atoms. The lowest BCUT2D eigenvalue weighted by atomic mass is 10.1. The number of aromatic nitrogens is 1. The second kappa shape index (κ2) is 4.32. The van der Waals surface area contributed by atoms with Crippen molar-refractivity contribution in [1.82, 2.24) is 4.57 Å². The molecule has 0 aliphatic heterocycles. The fraction of sp³-hybridized carbons (Fsp3) is 0.615. The minimum absolute atomic E-state index is 0.177. The van der Waals surface area contributed by atoms with Gasteiger partial charge in [-0.05, 0) is 39.7 Å². The number of carbonyl (C=O) groups is 1. The molecule has 2 rings (SSSR count). The molecular weight excluding hydrogens is 202 g/mol. The van der Waals surface area contributed by atoms with Gasteiger partial charge in [0.05, 0.1) is 12.2 Å². The summed E-state index contributed by atoms with van der Waals surface area (Å²) in [6.45, 7) is 6.56. The molecule has 1 aliphatic rings. The summed E-state index contributed by atoms with van der Waals surface area (Å²) in [6, 6.07) is 2.30. The first-order chi connectivity index (χ1) is 7.65. The van der Waals surface area contributed by atoms with E-state index < -0.39 is 0 Å². The molecule has 1 saturated carbocycles. The topological polar surface area (TPSA) is 31.2 Å². The van der Waals surface area contributed by atoms with E-state index in [0.29, 0.717) is 18.6 Å². The molecule has 1 heterocycles. The molecule has 0 bridgehead atoms. The Bertz CT molecular complexity index is 389. The van der Waals surface area contributed by atoms with Crippen LogP contribution in [0.25, 0.3) is 0 Å². The molecule has 0 amide bonds. The summed E-state index contributed by atoms with van der Waals surface area (Å²) in [5, 5.41) is 0. The molecule has 0 radical (unpaired) electrons. The van der Waals surface area contributed by atoms with Crippen LogP contribution >= 0.6 is 0 Å². The van der Waals surface area contributed by atoms with Crippen LogP contribution < -0.4 is 0 Å². The van der Waals surface area contributed by atoms with Crippen LogP contribution in [0.5, 0.6) is 0 Å². The highest BCUT2D eigenvalue weighted by Gasteiger charge is 2.32. The van der Waals surface area contributed by atoms with Gasteiger partial charge >= 0.3 is 5.97 Å². The maximum atomic E-state index is 11.8. The molecule has 3 heteroatoms. The van der Waals surface area contributed by atoms with E-state index in [1.165, 1.54) is 18.5 Å². The zero-order valence-electron chi connectivity index (χ0n) is 10.2. The Morgan fingerprint density at radius 3 is 2.75 bits per heavy atom. The van der Waals surface area contributed by atoms with Crippen molar-refractivity contribution in [2.24, 2.45) is 0 Å². The van der Waals surface area contributed by atoms with Crippen LogP contribution in [-0.2, 0) is 4.74 Å². The summed E-state index contributed by atoms with van der Waals surface area (Å²) < 4.78 is 7.29. The predicted molar refractivity (Wildman–Crippen MR) is 62.7 cm³/mol. The van der Waals surface area contributed by atoms with E-state index in [9.17, 15) is 4.79 Å². The number of hydrogen-bond donors (Lipinski definition) is 0. The van der Waals surface area contributed by atoms with E-state index in [-0.39, 0.29) is 5.97 Å². The van der Waals surface area contributed by atoms with Crippen molar-refractivity contribution in [2.75, 3.05) is 6.61 Å². The van der Waals surface area contributed by atoms with Gasteiger partial charge in [0.2, 0.25) is 0 Å². The molecule has 0 N–H and O–H groups in total. The average Bonchev–Trinajstić information content (AvgIpc) is 2.96. The molecule has 0 atom stereocenters. The lowest BCUT2D eigenvalue weighted by Gasteiger charge is -2.13. The Labute approximate surface area is 96.4 Å². The summed E-state index contributed by atoms with van der Waals surface area (Å²) in [5.41, 5.74) is 1.94. The lowest BCUT2D eigenvalue weighted by Crippen LogP contribution is -2.10. The molecule has 88 valence electrons. The van der Waals surface area contributed by atoms with Gasteiger partial charge in [-0.15, -0.1) is 0 Å². The van der Waals surface area contributed by atoms with Gasteiger partial charge in [0.25, 0.3) is 0 Å². The average molecular weight is 221 g/mol. The van der Waals surface area contributed by atoms with E-state index in [4.69, 9.17) is 4.74 Å². The molecule has 1 aliphatic carbocycles. The Balaban J connectivity index is 2.34. The first-order valence-electron chi connectivity index (χ1n) is 6.03. The van der Waals surface area contributed by atoms with Crippen molar-refractivity contribution >= 4 is 5.97 Å². The molecule has 0 unspecified atom stereocenters. The number of nitrogens with zero attached hydrogens (tertiary/aromatic N) is 1. The van der Waals surface area contributed by atoms with Crippen LogP contribution in [0.2, 0.25) is 0 Å². The first kappa shape index (κ1) is 11.2.